The van der Waals surface area contributed by atoms with Crippen molar-refractivity contribution in [2.24, 2.45) is 11.8 Å². The van der Waals surface area contributed by atoms with E-state index in [0.29, 0.717) is 19.8 Å². The van der Waals surface area contributed by atoms with Crippen molar-refractivity contribution in [1.82, 2.24) is 4.31 Å². The molecule has 2 aliphatic carbocycles. The normalized spacial score (nSPS) is 30.4. The van der Waals surface area contributed by atoms with Gasteiger partial charge < -0.3 is 9.47 Å². The number of fused-ring (bicyclic) bond motifs is 1. The molecule has 0 bridgehead atoms. The molecule has 8 heteroatoms. The molecule has 4 unspecified atom stereocenters. The van der Waals surface area contributed by atoms with Crippen LogP contribution in [0.1, 0.15) is 13.8 Å². The van der Waals surface area contributed by atoms with Gasteiger partial charge >= 0.3 is 0 Å². The fourth-order valence-electron chi connectivity index (χ4n) is 4.42. The minimum absolute atomic E-state index is 0.0729. The smallest absolute Gasteiger partial charge is 0.243 e. The van der Waals surface area contributed by atoms with Gasteiger partial charge in [0.1, 0.15) is 5.82 Å². The number of halogens is 2. The standard InChI is InChI=1S/C25H29ClFNO4S/c1-18-13-19(16-31-17-21-5-3-4-10-25(21,2)26)14-20-15-28(11-12-32-24(18)20)33(29,30)23-8-6-22(27)7-9-23/h3-10,13-14,18,21,24H,11-12,15-17H2,1-2H3. The zero-order valence-electron chi connectivity index (χ0n) is 18.8. The van der Waals surface area contributed by atoms with Gasteiger partial charge in [0, 0.05) is 24.9 Å². The minimum atomic E-state index is -3.77. The lowest BCUT2D eigenvalue weighted by atomic mass is 9.88. The molecule has 0 saturated carbocycles. The van der Waals surface area contributed by atoms with Crippen LogP contribution in [0.15, 0.2) is 76.8 Å². The van der Waals surface area contributed by atoms with Crippen LogP contribution in [0.4, 0.5) is 4.39 Å². The van der Waals surface area contributed by atoms with Gasteiger partial charge in [-0.05, 0) is 42.3 Å². The molecule has 0 radical (unpaired) electrons. The SMILES string of the molecule is CC1C=C(COCC2C=CC=CC2(C)Cl)C=C2CN(S(=O)(=O)c3ccc(F)cc3)CCOC21. The number of rotatable bonds is 6. The van der Waals surface area contributed by atoms with Crippen molar-refractivity contribution in [3.8, 4) is 0 Å². The summed E-state index contributed by atoms with van der Waals surface area (Å²) in [7, 11) is -3.77. The highest BCUT2D eigenvalue weighted by molar-refractivity contribution is 7.89. The van der Waals surface area contributed by atoms with E-state index in [-0.39, 0.29) is 35.9 Å². The van der Waals surface area contributed by atoms with E-state index in [4.69, 9.17) is 21.1 Å². The zero-order chi connectivity index (χ0) is 23.6. The Kier molecular flexibility index (Phi) is 7.26. The molecule has 4 atom stereocenters. The van der Waals surface area contributed by atoms with Gasteiger partial charge in [-0.2, -0.15) is 4.31 Å². The van der Waals surface area contributed by atoms with Crippen molar-refractivity contribution in [1.29, 1.82) is 0 Å². The van der Waals surface area contributed by atoms with Crippen LogP contribution in [0.2, 0.25) is 0 Å². The summed E-state index contributed by atoms with van der Waals surface area (Å²) in [5.41, 5.74) is 1.89. The Bertz CT molecular complexity index is 1090. The molecule has 178 valence electrons. The topological polar surface area (TPSA) is 55.8 Å². The number of allylic oxidation sites excluding steroid dienone is 3. The van der Waals surface area contributed by atoms with Gasteiger partial charge in [-0.15, -0.1) is 11.6 Å². The Morgan fingerprint density at radius 3 is 2.76 bits per heavy atom. The van der Waals surface area contributed by atoms with Crippen molar-refractivity contribution in [2.75, 3.05) is 32.9 Å². The number of sulfonamides is 1. The molecule has 1 aromatic carbocycles. The van der Waals surface area contributed by atoms with Crippen LogP contribution < -0.4 is 0 Å². The average molecular weight is 494 g/mol. The summed E-state index contributed by atoms with van der Waals surface area (Å²) >= 11 is 6.57. The maximum Gasteiger partial charge on any atom is 0.243 e. The van der Waals surface area contributed by atoms with Crippen molar-refractivity contribution >= 4 is 21.6 Å². The summed E-state index contributed by atoms with van der Waals surface area (Å²) in [6.07, 6.45) is 11.9. The Balaban J connectivity index is 1.46. The molecule has 1 saturated heterocycles. The first kappa shape index (κ1) is 24.4. The second-order valence-electron chi connectivity index (χ2n) is 8.92. The number of hydrogen-bond acceptors (Lipinski definition) is 4. The first-order chi connectivity index (χ1) is 15.7. The van der Waals surface area contributed by atoms with Crippen LogP contribution >= 0.6 is 11.6 Å². The van der Waals surface area contributed by atoms with E-state index in [0.717, 1.165) is 23.3 Å². The Morgan fingerprint density at radius 2 is 2.03 bits per heavy atom. The molecule has 1 aromatic rings. The second kappa shape index (κ2) is 9.84. The van der Waals surface area contributed by atoms with Crippen molar-refractivity contribution in [3.63, 3.8) is 0 Å². The van der Waals surface area contributed by atoms with Crippen molar-refractivity contribution in [2.45, 2.75) is 29.7 Å². The lowest BCUT2D eigenvalue weighted by Crippen LogP contribution is -2.35. The van der Waals surface area contributed by atoms with E-state index in [9.17, 15) is 12.8 Å². The highest BCUT2D eigenvalue weighted by Crippen LogP contribution is 2.33. The highest BCUT2D eigenvalue weighted by atomic mass is 35.5. The second-order valence-corrected chi connectivity index (χ2v) is 11.7. The molecule has 5 nitrogen and oxygen atoms in total. The fraction of sp³-hybridized carbons (Fsp3) is 0.440. The van der Waals surface area contributed by atoms with Crippen LogP contribution in [-0.2, 0) is 19.5 Å². The van der Waals surface area contributed by atoms with Crippen molar-refractivity contribution < 1.29 is 22.3 Å². The Labute approximate surface area is 200 Å². The molecular formula is C25H29ClFNO4S. The molecule has 0 aromatic heterocycles. The third kappa shape index (κ3) is 5.49. The quantitative estimate of drug-likeness (QED) is 0.548. The van der Waals surface area contributed by atoms with Crippen LogP contribution in [0.5, 0.6) is 0 Å². The van der Waals surface area contributed by atoms with E-state index >= 15 is 0 Å². The molecule has 0 N–H and O–H groups in total. The number of ether oxygens (including phenoxy) is 2. The lowest BCUT2D eigenvalue weighted by molar-refractivity contribution is 0.0611. The van der Waals surface area contributed by atoms with Crippen LogP contribution in [-0.4, -0.2) is 56.6 Å². The molecule has 33 heavy (non-hydrogen) atoms. The maximum absolute atomic E-state index is 13.3. The molecule has 0 amide bonds. The third-order valence-corrected chi connectivity index (χ3v) is 8.57. The summed E-state index contributed by atoms with van der Waals surface area (Å²) in [5, 5.41) is 0. The summed E-state index contributed by atoms with van der Waals surface area (Å²) in [6.45, 7) is 5.68. The minimum Gasteiger partial charge on any atom is -0.376 e. The van der Waals surface area contributed by atoms with Crippen LogP contribution in [0.3, 0.4) is 0 Å². The van der Waals surface area contributed by atoms with Gasteiger partial charge in [0.25, 0.3) is 0 Å². The van der Waals surface area contributed by atoms with Crippen molar-refractivity contribution in [3.05, 3.63) is 77.7 Å². The fourth-order valence-corrected chi connectivity index (χ4v) is 6.04. The predicted molar refractivity (Wildman–Crippen MR) is 127 cm³/mol. The van der Waals surface area contributed by atoms with E-state index < -0.39 is 20.7 Å². The molecule has 1 aliphatic heterocycles. The molecule has 1 fully saturated rings. The highest BCUT2D eigenvalue weighted by Gasteiger charge is 2.34. The van der Waals surface area contributed by atoms with Gasteiger partial charge in [-0.1, -0.05) is 43.4 Å². The first-order valence-corrected chi connectivity index (χ1v) is 12.9. The first-order valence-electron chi connectivity index (χ1n) is 11.1. The van der Waals surface area contributed by atoms with Gasteiger partial charge in [0.2, 0.25) is 10.0 Å². The van der Waals surface area contributed by atoms with Gasteiger partial charge in [0.15, 0.2) is 0 Å². The van der Waals surface area contributed by atoms with Crippen LogP contribution in [0, 0.1) is 17.7 Å². The number of nitrogens with zero attached hydrogens (tertiary/aromatic N) is 1. The van der Waals surface area contributed by atoms with E-state index in [2.05, 4.69) is 19.1 Å². The van der Waals surface area contributed by atoms with E-state index in [1.54, 1.807) is 0 Å². The number of benzene rings is 1. The van der Waals surface area contributed by atoms with E-state index in [1.807, 2.05) is 31.2 Å². The summed E-state index contributed by atoms with van der Waals surface area (Å²) < 4.78 is 53.0. The largest absolute Gasteiger partial charge is 0.376 e. The van der Waals surface area contributed by atoms with Gasteiger partial charge in [0.05, 0.1) is 35.7 Å². The monoisotopic (exact) mass is 493 g/mol. The Morgan fingerprint density at radius 1 is 1.27 bits per heavy atom. The molecule has 3 aliphatic rings. The molecular weight excluding hydrogens is 465 g/mol. The van der Waals surface area contributed by atoms with Gasteiger partial charge in [-0.25, -0.2) is 12.8 Å². The Hall–Kier alpha value is -1.77. The molecule has 1 heterocycles. The van der Waals surface area contributed by atoms with Crippen LogP contribution in [0.25, 0.3) is 0 Å². The zero-order valence-corrected chi connectivity index (χ0v) is 20.4. The third-order valence-electron chi connectivity index (χ3n) is 6.31. The summed E-state index contributed by atoms with van der Waals surface area (Å²) in [4.78, 5) is -0.402. The average Bonchev–Trinajstić information content (AvgIpc) is 2.99. The molecule has 4 rings (SSSR count). The lowest BCUT2D eigenvalue weighted by Gasteiger charge is -2.30. The number of hydrogen-bond donors (Lipinski definition) is 0. The molecule has 0 spiro atoms. The number of alkyl halides is 1. The maximum atomic E-state index is 13.3. The van der Waals surface area contributed by atoms with E-state index in [1.165, 1.54) is 16.4 Å². The van der Waals surface area contributed by atoms with Gasteiger partial charge in [-0.3, -0.25) is 0 Å². The summed E-state index contributed by atoms with van der Waals surface area (Å²) in [5.74, 6) is -0.308. The predicted octanol–water partition coefficient (Wildman–Crippen LogP) is 4.47. The summed E-state index contributed by atoms with van der Waals surface area (Å²) in [6, 6.07) is 4.91.